The minimum Gasteiger partial charge on any atom is -0.394 e. The number of nitrogens with one attached hydrogen (secondary N) is 5. The van der Waals surface area contributed by atoms with Crippen molar-refractivity contribution >= 4 is 33.6 Å². The Morgan fingerprint density at radius 2 is 1.44 bits per heavy atom. The van der Waals surface area contributed by atoms with Crippen LogP contribution in [0.15, 0.2) is 60.9 Å². The van der Waals surface area contributed by atoms with Gasteiger partial charge in [0.15, 0.2) is 0 Å². The third-order valence-electron chi connectivity index (χ3n) is 7.15. The zero-order valence-electron chi connectivity index (χ0n) is 20.2. The van der Waals surface area contributed by atoms with Crippen LogP contribution < -0.4 is 16.0 Å². The minimum absolute atomic E-state index is 0.0892. The van der Waals surface area contributed by atoms with E-state index in [1.54, 1.807) is 0 Å². The van der Waals surface area contributed by atoms with Gasteiger partial charge in [0.25, 0.3) is 0 Å². The third-order valence-corrected chi connectivity index (χ3v) is 7.15. The number of rotatable bonds is 9. The average molecular weight is 488 g/mol. The molecule has 0 radical (unpaired) electrons. The van der Waals surface area contributed by atoms with Gasteiger partial charge in [-0.15, -0.1) is 0 Å². The van der Waals surface area contributed by atoms with E-state index < -0.39 is 12.1 Å². The number of fused-ring (bicyclic) bond motifs is 2. The number of para-hydroxylation sites is 2. The fourth-order valence-electron chi connectivity index (χ4n) is 5.13. The molecular weight excluding hydrogens is 454 g/mol. The van der Waals surface area contributed by atoms with Crippen molar-refractivity contribution in [3.05, 3.63) is 72.1 Å². The van der Waals surface area contributed by atoms with Gasteiger partial charge in [0.2, 0.25) is 11.8 Å². The summed E-state index contributed by atoms with van der Waals surface area (Å²) in [4.78, 5) is 33.1. The van der Waals surface area contributed by atoms with Crippen LogP contribution >= 0.6 is 0 Å². The first kappa shape index (κ1) is 24.1. The van der Waals surface area contributed by atoms with E-state index in [0.717, 1.165) is 58.9 Å². The zero-order valence-corrected chi connectivity index (χ0v) is 20.2. The number of aliphatic hydroxyl groups excluding tert-OH is 1. The molecule has 1 aliphatic heterocycles. The van der Waals surface area contributed by atoms with Crippen LogP contribution in [0.3, 0.4) is 0 Å². The van der Waals surface area contributed by atoms with E-state index in [9.17, 15) is 14.7 Å². The molecule has 1 aliphatic rings. The van der Waals surface area contributed by atoms with Crippen molar-refractivity contribution in [2.45, 2.75) is 37.8 Å². The number of amides is 2. The first-order valence-corrected chi connectivity index (χ1v) is 12.6. The van der Waals surface area contributed by atoms with Gasteiger partial charge in [-0.05, 0) is 55.6 Å². The van der Waals surface area contributed by atoms with Crippen LogP contribution in [0, 0.1) is 5.92 Å². The Balaban J connectivity index is 1.33. The molecule has 36 heavy (non-hydrogen) atoms. The molecule has 0 bridgehead atoms. The second-order valence-corrected chi connectivity index (χ2v) is 9.60. The van der Waals surface area contributed by atoms with Crippen LogP contribution in [-0.2, 0) is 22.4 Å². The molecule has 4 aromatic rings. The summed E-state index contributed by atoms with van der Waals surface area (Å²) < 4.78 is 0. The van der Waals surface area contributed by atoms with Crippen molar-refractivity contribution in [3.63, 3.8) is 0 Å². The van der Waals surface area contributed by atoms with Gasteiger partial charge in [-0.1, -0.05) is 36.4 Å². The summed E-state index contributed by atoms with van der Waals surface area (Å²) in [5.74, 6) is -0.487. The maximum Gasteiger partial charge on any atom is 0.243 e. The molecule has 8 heteroatoms. The maximum absolute atomic E-state index is 13.5. The summed E-state index contributed by atoms with van der Waals surface area (Å²) in [6, 6.07) is 14.7. The molecule has 2 atom stereocenters. The van der Waals surface area contributed by atoms with Gasteiger partial charge in [0.1, 0.15) is 6.04 Å². The number of H-pyrrole nitrogens is 2. The Kier molecular flexibility index (Phi) is 7.34. The largest absolute Gasteiger partial charge is 0.394 e. The molecule has 6 N–H and O–H groups in total. The Labute approximate surface area is 209 Å². The fourth-order valence-corrected chi connectivity index (χ4v) is 5.13. The molecule has 1 fully saturated rings. The highest BCUT2D eigenvalue weighted by molar-refractivity contribution is 5.90. The molecule has 2 unspecified atom stereocenters. The summed E-state index contributed by atoms with van der Waals surface area (Å²) in [6.45, 7) is 1.40. The topological polar surface area (TPSA) is 122 Å². The van der Waals surface area contributed by atoms with Gasteiger partial charge >= 0.3 is 0 Å². The second kappa shape index (κ2) is 11.0. The monoisotopic (exact) mass is 487 g/mol. The summed E-state index contributed by atoms with van der Waals surface area (Å²) >= 11 is 0. The summed E-state index contributed by atoms with van der Waals surface area (Å²) in [6.07, 6.45) is 6.17. The van der Waals surface area contributed by atoms with Crippen LogP contribution in [0.4, 0.5) is 0 Å². The SMILES string of the molecule is O=C(NC(Cc1c[nH]c2ccccc12)C(=O)NC(CO)Cc1c[nH]c2ccccc12)C1CCNCC1. The lowest BCUT2D eigenvalue weighted by Crippen LogP contribution is -2.53. The van der Waals surface area contributed by atoms with Gasteiger partial charge < -0.3 is 31.0 Å². The zero-order chi connectivity index (χ0) is 24.9. The Bertz CT molecular complexity index is 1340. The normalized spacial score (nSPS) is 16.1. The highest BCUT2D eigenvalue weighted by Crippen LogP contribution is 2.21. The van der Waals surface area contributed by atoms with Crippen LogP contribution in [0.25, 0.3) is 21.8 Å². The van der Waals surface area contributed by atoms with Crippen LogP contribution in [0.5, 0.6) is 0 Å². The molecule has 1 saturated heterocycles. The minimum atomic E-state index is -0.747. The second-order valence-electron chi connectivity index (χ2n) is 9.60. The number of aromatic nitrogens is 2. The first-order chi connectivity index (χ1) is 17.6. The Morgan fingerprint density at radius 3 is 2.06 bits per heavy atom. The van der Waals surface area contributed by atoms with Gasteiger partial charge in [0.05, 0.1) is 12.6 Å². The number of carbonyl (C=O) groups is 2. The number of benzene rings is 2. The smallest absolute Gasteiger partial charge is 0.243 e. The van der Waals surface area contributed by atoms with Crippen molar-refractivity contribution in [3.8, 4) is 0 Å². The van der Waals surface area contributed by atoms with Gasteiger partial charge in [-0.25, -0.2) is 0 Å². The van der Waals surface area contributed by atoms with Crippen molar-refractivity contribution in [1.82, 2.24) is 25.9 Å². The number of hydrogen-bond donors (Lipinski definition) is 6. The van der Waals surface area contributed by atoms with Crippen molar-refractivity contribution < 1.29 is 14.7 Å². The third kappa shape index (κ3) is 5.29. The van der Waals surface area contributed by atoms with Gasteiger partial charge in [-0.2, -0.15) is 0 Å². The van der Waals surface area contributed by atoms with E-state index in [1.807, 2.05) is 60.9 Å². The number of hydrogen-bond acceptors (Lipinski definition) is 4. The van der Waals surface area contributed by atoms with Crippen LogP contribution in [0.2, 0.25) is 0 Å². The maximum atomic E-state index is 13.5. The van der Waals surface area contributed by atoms with Crippen LogP contribution in [0.1, 0.15) is 24.0 Å². The molecule has 0 saturated carbocycles. The van der Waals surface area contributed by atoms with E-state index in [4.69, 9.17) is 0 Å². The molecule has 8 nitrogen and oxygen atoms in total. The Morgan fingerprint density at radius 1 is 0.861 bits per heavy atom. The van der Waals surface area contributed by atoms with E-state index in [-0.39, 0.29) is 24.3 Å². The highest BCUT2D eigenvalue weighted by Gasteiger charge is 2.29. The number of carbonyl (C=O) groups excluding carboxylic acids is 2. The lowest BCUT2D eigenvalue weighted by Gasteiger charge is -2.26. The number of piperidine rings is 1. The predicted molar refractivity (Wildman–Crippen MR) is 141 cm³/mol. The highest BCUT2D eigenvalue weighted by atomic mass is 16.3. The average Bonchev–Trinajstić information content (AvgIpc) is 3.52. The molecular formula is C28H33N5O3. The predicted octanol–water partition coefficient (Wildman–Crippen LogP) is 2.40. The summed E-state index contributed by atoms with van der Waals surface area (Å²) in [7, 11) is 0. The van der Waals surface area contributed by atoms with Crippen molar-refractivity contribution in [1.29, 1.82) is 0 Å². The number of aliphatic hydroxyl groups is 1. The number of aromatic amines is 2. The van der Waals surface area contributed by atoms with Crippen molar-refractivity contribution in [2.75, 3.05) is 19.7 Å². The summed E-state index contributed by atoms with van der Waals surface area (Å²) in [5, 5.41) is 21.5. The lowest BCUT2D eigenvalue weighted by molar-refractivity contribution is -0.132. The molecule has 5 rings (SSSR count). The lowest BCUT2D eigenvalue weighted by atomic mass is 9.96. The molecule has 2 aromatic carbocycles. The molecule has 2 amide bonds. The first-order valence-electron chi connectivity index (χ1n) is 12.6. The van der Waals surface area contributed by atoms with Gasteiger partial charge in [0, 0.05) is 46.5 Å². The quantitative estimate of drug-likeness (QED) is 0.217. The molecule has 0 aliphatic carbocycles. The van der Waals surface area contributed by atoms with E-state index in [0.29, 0.717) is 12.8 Å². The Hall–Kier alpha value is -3.62. The fraction of sp³-hybridized carbons (Fsp3) is 0.357. The molecule has 2 aromatic heterocycles. The molecule has 0 spiro atoms. The van der Waals surface area contributed by atoms with E-state index in [2.05, 4.69) is 25.9 Å². The standard InChI is InChI=1S/C28H33N5O3/c34-17-21(13-19-15-30-24-7-3-1-5-22(19)24)32-28(36)26(33-27(35)18-9-11-29-12-10-18)14-20-16-31-25-8-4-2-6-23(20)25/h1-8,15-16,18,21,26,29-31,34H,9-14,17H2,(H,32,36)(H,33,35). The van der Waals surface area contributed by atoms with Gasteiger partial charge in [-0.3, -0.25) is 9.59 Å². The summed E-state index contributed by atoms with van der Waals surface area (Å²) in [5.41, 5.74) is 4.00. The van der Waals surface area contributed by atoms with E-state index in [1.165, 1.54) is 0 Å². The molecule has 3 heterocycles. The van der Waals surface area contributed by atoms with Crippen LogP contribution in [-0.4, -0.2) is 58.7 Å². The van der Waals surface area contributed by atoms with Crippen molar-refractivity contribution in [2.24, 2.45) is 5.92 Å². The van der Waals surface area contributed by atoms with E-state index >= 15 is 0 Å². The molecule has 188 valence electrons.